The molecule has 1 aliphatic heterocycles. The van der Waals surface area contributed by atoms with E-state index in [4.69, 9.17) is 5.73 Å². The lowest BCUT2D eigenvalue weighted by molar-refractivity contribution is 0.0996. The van der Waals surface area contributed by atoms with Gasteiger partial charge >= 0.3 is 0 Å². The average molecular weight is 278 g/mol. The normalized spacial score (nSPS) is 13.4. The van der Waals surface area contributed by atoms with Gasteiger partial charge in [-0.2, -0.15) is 0 Å². The van der Waals surface area contributed by atoms with Crippen LogP contribution in [0.15, 0.2) is 18.1 Å². The second-order valence-electron chi connectivity index (χ2n) is 3.99. The smallest absolute Gasteiger partial charge is 0.269 e. The van der Waals surface area contributed by atoms with E-state index < -0.39 is 5.91 Å². The topological polar surface area (TPSA) is 96.2 Å². The number of anilines is 1. The van der Waals surface area contributed by atoms with Crippen LogP contribution in [-0.4, -0.2) is 34.5 Å². The van der Waals surface area contributed by atoms with Gasteiger partial charge < -0.3 is 16.1 Å². The Morgan fingerprint density at radius 1 is 1.55 bits per heavy atom. The third-order valence-electron chi connectivity index (χ3n) is 2.55. The summed E-state index contributed by atoms with van der Waals surface area (Å²) in [6, 6.07) is 0. The second kappa shape index (κ2) is 7.44. The van der Waals surface area contributed by atoms with E-state index in [0.29, 0.717) is 24.5 Å². The standard InChI is InChI=1S/C11H16N6O.C2H6/c1-3-9-13-5-8(10(16-9)11(12)18)15-7-4-14-17(2)6-7;1-2/h5-6,14-15H,3-4H2,1-2H3,(H2,12,18);1-2H3. The number of nitrogens with one attached hydrogen (secondary N) is 2. The van der Waals surface area contributed by atoms with Gasteiger partial charge in [-0.1, -0.05) is 20.8 Å². The predicted octanol–water partition coefficient (Wildman–Crippen LogP) is 0.867. The summed E-state index contributed by atoms with van der Waals surface area (Å²) in [5.41, 5.74) is 10.1. The Bertz CT molecular complexity index is 500. The highest BCUT2D eigenvalue weighted by Crippen LogP contribution is 2.15. The third kappa shape index (κ3) is 3.92. The van der Waals surface area contributed by atoms with Crippen LogP contribution in [0.4, 0.5) is 5.69 Å². The number of carbonyl (C=O) groups is 1. The van der Waals surface area contributed by atoms with Crippen LogP contribution in [0.2, 0.25) is 0 Å². The highest BCUT2D eigenvalue weighted by molar-refractivity contribution is 5.96. The van der Waals surface area contributed by atoms with Crippen LogP contribution in [0.25, 0.3) is 0 Å². The molecule has 0 unspecified atom stereocenters. The van der Waals surface area contributed by atoms with E-state index in [1.165, 1.54) is 0 Å². The number of amides is 1. The van der Waals surface area contributed by atoms with Crippen LogP contribution < -0.4 is 16.5 Å². The van der Waals surface area contributed by atoms with Crippen molar-refractivity contribution in [1.29, 1.82) is 0 Å². The van der Waals surface area contributed by atoms with Gasteiger partial charge in [-0.3, -0.25) is 4.79 Å². The fraction of sp³-hybridized carbons (Fsp3) is 0.462. The first-order valence-electron chi connectivity index (χ1n) is 6.70. The Morgan fingerprint density at radius 2 is 2.25 bits per heavy atom. The molecule has 0 spiro atoms. The van der Waals surface area contributed by atoms with Gasteiger partial charge in [0.25, 0.3) is 5.91 Å². The van der Waals surface area contributed by atoms with Gasteiger partial charge in [0.15, 0.2) is 5.69 Å². The molecule has 1 amide bonds. The Balaban J connectivity index is 0.000000956. The van der Waals surface area contributed by atoms with Gasteiger partial charge in [-0.15, -0.1) is 0 Å². The molecule has 7 heteroatoms. The zero-order valence-corrected chi connectivity index (χ0v) is 12.4. The molecule has 20 heavy (non-hydrogen) atoms. The number of nitrogens with zero attached hydrogens (tertiary/aromatic N) is 3. The van der Waals surface area contributed by atoms with Crippen LogP contribution >= 0.6 is 0 Å². The monoisotopic (exact) mass is 278 g/mol. The summed E-state index contributed by atoms with van der Waals surface area (Å²) in [4.78, 5) is 19.7. The van der Waals surface area contributed by atoms with Crippen molar-refractivity contribution in [2.24, 2.45) is 5.73 Å². The number of carbonyl (C=O) groups excluding carboxylic acids is 1. The first-order chi connectivity index (χ1) is 9.60. The lowest BCUT2D eigenvalue weighted by Crippen LogP contribution is -2.24. The minimum absolute atomic E-state index is 0.220. The molecular formula is C13H22N6O. The van der Waals surface area contributed by atoms with Gasteiger partial charge in [0.05, 0.1) is 18.4 Å². The molecule has 0 aromatic carbocycles. The van der Waals surface area contributed by atoms with Crippen LogP contribution in [0.5, 0.6) is 0 Å². The lowest BCUT2D eigenvalue weighted by atomic mass is 10.3. The minimum Gasteiger partial charge on any atom is -0.364 e. The number of hydrazine groups is 1. The quantitative estimate of drug-likeness (QED) is 0.756. The first-order valence-corrected chi connectivity index (χ1v) is 6.70. The largest absolute Gasteiger partial charge is 0.364 e. The van der Waals surface area contributed by atoms with Crippen LogP contribution in [-0.2, 0) is 6.42 Å². The summed E-state index contributed by atoms with van der Waals surface area (Å²) in [5, 5.41) is 4.93. The summed E-state index contributed by atoms with van der Waals surface area (Å²) in [5.74, 6) is 0.0412. The SMILES string of the molecule is CC.CCc1ncc(NC2=CN(C)NC2)c(C(N)=O)n1. The third-order valence-corrected chi connectivity index (χ3v) is 2.55. The summed E-state index contributed by atoms with van der Waals surface area (Å²) in [7, 11) is 1.89. The van der Waals surface area contributed by atoms with Crippen molar-refractivity contribution in [3.8, 4) is 0 Å². The molecule has 1 aliphatic rings. The minimum atomic E-state index is -0.561. The van der Waals surface area contributed by atoms with Crippen molar-refractivity contribution < 1.29 is 4.79 Å². The van der Waals surface area contributed by atoms with E-state index in [1.807, 2.05) is 39.0 Å². The van der Waals surface area contributed by atoms with Crippen molar-refractivity contribution >= 4 is 11.6 Å². The molecule has 0 saturated carbocycles. The zero-order valence-electron chi connectivity index (χ0n) is 12.4. The number of rotatable bonds is 4. The fourth-order valence-electron chi connectivity index (χ4n) is 1.65. The Kier molecular flexibility index (Phi) is 5.92. The number of aryl methyl sites for hydroxylation is 1. The number of hydrogen-bond donors (Lipinski definition) is 3. The van der Waals surface area contributed by atoms with Gasteiger partial charge in [0, 0.05) is 25.4 Å². The van der Waals surface area contributed by atoms with E-state index in [-0.39, 0.29) is 5.69 Å². The first kappa shape index (κ1) is 15.9. The molecule has 1 aromatic heterocycles. The maximum atomic E-state index is 11.4. The lowest BCUT2D eigenvalue weighted by Gasteiger charge is -2.09. The predicted molar refractivity (Wildman–Crippen MR) is 78.7 cm³/mol. The van der Waals surface area contributed by atoms with E-state index in [0.717, 1.165) is 5.70 Å². The van der Waals surface area contributed by atoms with E-state index >= 15 is 0 Å². The summed E-state index contributed by atoms with van der Waals surface area (Å²) < 4.78 is 0. The van der Waals surface area contributed by atoms with Gasteiger partial charge in [-0.25, -0.2) is 15.4 Å². The zero-order chi connectivity index (χ0) is 15.1. The molecule has 0 aliphatic carbocycles. The average Bonchev–Trinajstić information content (AvgIpc) is 2.86. The molecule has 0 fully saturated rings. The van der Waals surface area contributed by atoms with Crippen LogP contribution in [0, 0.1) is 0 Å². The molecule has 7 nitrogen and oxygen atoms in total. The highest BCUT2D eigenvalue weighted by Gasteiger charge is 2.15. The maximum absolute atomic E-state index is 11.4. The van der Waals surface area contributed by atoms with Gasteiger partial charge in [0.2, 0.25) is 0 Å². The molecule has 110 valence electrons. The molecule has 0 atom stereocenters. The van der Waals surface area contributed by atoms with E-state index in [2.05, 4.69) is 20.7 Å². The second-order valence-corrected chi connectivity index (χ2v) is 3.99. The Hall–Kier alpha value is -2.15. The van der Waals surface area contributed by atoms with Crippen molar-refractivity contribution in [2.45, 2.75) is 27.2 Å². The Labute approximate surface area is 119 Å². The number of hydrogen-bond acceptors (Lipinski definition) is 6. The number of primary amides is 1. The summed E-state index contributed by atoms with van der Waals surface area (Å²) in [6.45, 7) is 6.58. The van der Waals surface area contributed by atoms with Crippen molar-refractivity contribution in [1.82, 2.24) is 20.4 Å². The van der Waals surface area contributed by atoms with Crippen LogP contribution in [0.3, 0.4) is 0 Å². The highest BCUT2D eigenvalue weighted by atomic mass is 16.1. The number of aromatic nitrogens is 2. The molecule has 0 bridgehead atoms. The molecule has 2 rings (SSSR count). The number of nitrogens with two attached hydrogens (primary N) is 1. The summed E-state index contributed by atoms with van der Waals surface area (Å²) in [6.07, 6.45) is 4.14. The molecule has 0 radical (unpaired) electrons. The fourth-order valence-corrected chi connectivity index (χ4v) is 1.65. The molecular weight excluding hydrogens is 256 g/mol. The maximum Gasteiger partial charge on any atom is 0.269 e. The van der Waals surface area contributed by atoms with Gasteiger partial charge in [-0.05, 0) is 0 Å². The van der Waals surface area contributed by atoms with Crippen LogP contribution in [0.1, 0.15) is 37.1 Å². The molecule has 2 heterocycles. The van der Waals surface area contributed by atoms with Crippen molar-refractivity contribution in [2.75, 3.05) is 18.9 Å². The van der Waals surface area contributed by atoms with E-state index in [1.54, 1.807) is 6.20 Å². The molecule has 1 aromatic rings. The molecule has 4 N–H and O–H groups in total. The van der Waals surface area contributed by atoms with Crippen molar-refractivity contribution in [3.63, 3.8) is 0 Å². The summed E-state index contributed by atoms with van der Waals surface area (Å²) >= 11 is 0. The van der Waals surface area contributed by atoms with Gasteiger partial charge in [0.1, 0.15) is 5.82 Å². The van der Waals surface area contributed by atoms with Crippen molar-refractivity contribution in [3.05, 3.63) is 29.6 Å². The Morgan fingerprint density at radius 3 is 2.75 bits per heavy atom. The van der Waals surface area contributed by atoms with E-state index in [9.17, 15) is 4.79 Å². The molecule has 0 saturated heterocycles.